The number of carbonyl (C=O) groups is 2. The summed E-state index contributed by atoms with van der Waals surface area (Å²) >= 11 is 1.37. The Morgan fingerprint density at radius 3 is 1.55 bits per heavy atom. The van der Waals surface area contributed by atoms with Crippen LogP contribution in [0.3, 0.4) is 0 Å². The zero-order chi connectivity index (χ0) is 24.4. The lowest BCUT2D eigenvalue weighted by atomic mass is 10.2. The molecule has 0 radical (unpaired) electrons. The van der Waals surface area contributed by atoms with E-state index in [0.29, 0.717) is 23.0 Å². The summed E-state index contributed by atoms with van der Waals surface area (Å²) < 4.78 is 10.2. The molecule has 0 aliphatic heterocycles. The van der Waals surface area contributed by atoms with Crippen LogP contribution < -0.4 is 20.1 Å². The van der Waals surface area contributed by atoms with E-state index in [4.69, 9.17) is 9.47 Å². The highest BCUT2D eigenvalue weighted by Crippen LogP contribution is 2.30. The molecule has 2 amide bonds. The van der Waals surface area contributed by atoms with E-state index >= 15 is 0 Å². The molecule has 2 N–H and O–H groups in total. The summed E-state index contributed by atoms with van der Waals surface area (Å²) in [6.45, 7) is 0. The number of nitrogens with one attached hydrogen (secondary N) is 2. The fraction of sp³-hybridized carbons (Fsp3) is 0.300. The molecule has 0 aliphatic carbocycles. The number of nitrogens with zero attached hydrogens (tertiary/aromatic N) is 2. The number of hydrogen-bond donors (Lipinski definition) is 2. The second kappa shape index (κ2) is 12.2. The minimum atomic E-state index is -0.570. The molecule has 12 nitrogen and oxygen atoms in total. The molecule has 0 saturated carbocycles. The third kappa shape index (κ3) is 7.64. The quantitative estimate of drug-likeness (QED) is 0.263. The van der Waals surface area contributed by atoms with Crippen molar-refractivity contribution < 1.29 is 28.9 Å². The number of nitro groups is 2. The molecule has 176 valence electrons. The van der Waals surface area contributed by atoms with Crippen LogP contribution in [0.2, 0.25) is 0 Å². The van der Waals surface area contributed by atoms with Crippen molar-refractivity contribution in [3.8, 4) is 11.5 Å². The molecule has 0 saturated heterocycles. The molecule has 2 rings (SSSR count). The van der Waals surface area contributed by atoms with Gasteiger partial charge in [-0.2, -0.15) is 11.8 Å². The van der Waals surface area contributed by atoms with Gasteiger partial charge in [0.05, 0.1) is 35.4 Å². The average molecular weight is 478 g/mol. The van der Waals surface area contributed by atoms with Crippen molar-refractivity contribution in [3.05, 3.63) is 56.6 Å². The van der Waals surface area contributed by atoms with Crippen LogP contribution in [0.25, 0.3) is 0 Å². The maximum absolute atomic E-state index is 12.2. The van der Waals surface area contributed by atoms with Crippen molar-refractivity contribution in [1.82, 2.24) is 0 Å². The van der Waals surface area contributed by atoms with Gasteiger partial charge in [0.15, 0.2) is 0 Å². The minimum absolute atomic E-state index is 0.122. The Labute approximate surface area is 192 Å². The molecule has 33 heavy (non-hydrogen) atoms. The summed E-state index contributed by atoms with van der Waals surface area (Å²) in [4.78, 5) is 45.0. The largest absolute Gasteiger partial charge is 0.495 e. The third-order valence-corrected chi connectivity index (χ3v) is 5.27. The van der Waals surface area contributed by atoms with Crippen LogP contribution in [0.1, 0.15) is 12.8 Å². The smallest absolute Gasteiger partial charge is 0.271 e. The number of thioether (sulfide) groups is 1. The van der Waals surface area contributed by atoms with E-state index in [2.05, 4.69) is 10.6 Å². The van der Waals surface area contributed by atoms with E-state index in [9.17, 15) is 29.8 Å². The topological polar surface area (TPSA) is 163 Å². The number of hydrogen-bond acceptors (Lipinski definition) is 9. The molecular formula is C20H22N4O8S. The number of amides is 2. The van der Waals surface area contributed by atoms with E-state index in [1.807, 2.05) is 0 Å². The molecular weight excluding hydrogens is 456 g/mol. The fourth-order valence-corrected chi connectivity index (χ4v) is 3.54. The van der Waals surface area contributed by atoms with Crippen LogP contribution in [0.15, 0.2) is 36.4 Å². The van der Waals surface area contributed by atoms with Crippen molar-refractivity contribution in [3.63, 3.8) is 0 Å². The zero-order valence-electron chi connectivity index (χ0n) is 17.9. The lowest BCUT2D eigenvalue weighted by Gasteiger charge is -2.10. The van der Waals surface area contributed by atoms with Gasteiger partial charge in [-0.25, -0.2) is 0 Å². The van der Waals surface area contributed by atoms with Crippen LogP contribution in [-0.2, 0) is 9.59 Å². The lowest BCUT2D eigenvalue weighted by Crippen LogP contribution is -2.15. The van der Waals surface area contributed by atoms with Gasteiger partial charge in [-0.15, -0.1) is 0 Å². The van der Waals surface area contributed by atoms with Gasteiger partial charge in [0.1, 0.15) is 11.5 Å². The first kappa shape index (κ1) is 25.4. The Balaban J connectivity index is 1.79. The van der Waals surface area contributed by atoms with E-state index in [1.165, 1.54) is 62.4 Å². The van der Waals surface area contributed by atoms with Gasteiger partial charge in [0, 0.05) is 48.6 Å². The Bertz CT molecular complexity index is 965. The van der Waals surface area contributed by atoms with Gasteiger partial charge in [0.2, 0.25) is 11.8 Å². The lowest BCUT2D eigenvalue weighted by molar-refractivity contribution is -0.385. The monoisotopic (exact) mass is 478 g/mol. The summed E-state index contributed by atoms with van der Waals surface area (Å²) in [7, 11) is 2.78. The summed E-state index contributed by atoms with van der Waals surface area (Å²) in [5.74, 6) is 0.719. The standard InChI is InChI=1S/C20H22N4O8S/c1-31-17-5-3-13(23(27)28)11-15(17)21-19(25)7-9-33-10-8-20(26)22-16-12-14(24(29)30)4-6-18(16)32-2/h3-6,11-12H,7-10H2,1-2H3,(H,21,25)(H,22,26). The van der Waals surface area contributed by atoms with Crippen molar-refractivity contribution in [2.75, 3.05) is 36.4 Å². The fourth-order valence-electron chi connectivity index (χ4n) is 2.67. The van der Waals surface area contributed by atoms with Gasteiger partial charge in [-0.1, -0.05) is 0 Å². The van der Waals surface area contributed by atoms with E-state index < -0.39 is 9.85 Å². The first-order valence-corrected chi connectivity index (χ1v) is 10.7. The normalized spacial score (nSPS) is 10.2. The number of ether oxygens (including phenoxy) is 2. The molecule has 0 spiro atoms. The maximum Gasteiger partial charge on any atom is 0.271 e. The van der Waals surface area contributed by atoms with Crippen molar-refractivity contribution >= 4 is 46.3 Å². The molecule has 0 atom stereocenters. The summed E-state index contributed by atoms with van der Waals surface area (Å²) in [6.07, 6.45) is 0.244. The first-order valence-electron chi connectivity index (χ1n) is 9.57. The Hall–Kier alpha value is -3.87. The van der Waals surface area contributed by atoms with Gasteiger partial charge in [0.25, 0.3) is 11.4 Å². The predicted octanol–water partition coefficient (Wildman–Crippen LogP) is 3.61. The summed E-state index contributed by atoms with van der Waals surface area (Å²) in [6, 6.07) is 7.79. The molecule has 0 unspecified atom stereocenters. The molecule has 0 fully saturated rings. The number of benzene rings is 2. The van der Waals surface area contributed by atoms with Crippen molar-refractivity contribution in [2.24, 2.45) is 0 Å². The number of anilines is 2. The first-order chi connectivity index (χ1) is 15.7. The molecule has 2 aromatic rings. The summed E-state index contributed by atoms with van der Waals surface area (Å²) in [5, 5.41) is 27.0. The number of methoxy groups -OCH3 is 2. The van der Waals surface area contributed by atoms with Crippen LogP contribution in [0.4, 0.5) is 22.7 Å². The molecule has 0 aliphatic rings. The highest BCUT2D eigenvalue weighted by Gasteiger charge is 2.15. The highest BCUT2D eigenvalue weighted by molar-refractivity contribution is 7.99. The third-order valence-electron chi connectivity index (χ3n) is 4.28. The SMILES string of the molecule is COc1ccc([N+](=O)[O-])cc1NC(=O)CCSCCC(=O)Nc1cc([N+](=O)[O-])ccc1OC. The Morgan fingerprint density at radius 1 is 0.818 bits per heavy atom. The molecule has 0 aromatic heterocycles. The molecule has 2 aromatic carbocycles. The Morgan fingerprint density at radius 2 is 1.21 bits per heavy atom. The summed E-state index contributed by atoms with van der Waals surface area (Å²) in [5.41, 5.74) is 0.0534. The number of rotatable bonds is 12. The second-order valence-corrected chi connectivity index (χ2v) is 7.72. The number of nitro benzene ring substituents is 2. The number of carbonyl (C=O) groups excluding carboxylic acids is 2. The van der Waals surface area contributed by atoms with Crippen LogP contribution >= 0.6 is 11.8 Å². The molecule has 0 bridgehead atoms. The Kier molecular flexibility index (Phi) is 9.42. The molecule has 0 heterocycles. The van der Waals surface area contributed by atoms with Gasteiger partial charge in [-0.05, 0) is 12.1 Å². The van der Waals surface area contributed by atoms with E-state index in [0.717, 1.165) is 0 Å². The molecule has 13 heteroatoms. The van der Waals surface area contributed by atoms with E-state index in [1.54, 1.807) is 0 Å². The van der Waals surface area contributed by atoms with Crippen LogP contribution in [-0.4, -0.2) is 47.4 Å². The number of non-ortho nitro benzene ring substituents is 2. The van der Waals surface area contributed by atoms with Crippen LogP contribution in [0.5, 0.6) is 11.5 Å². The van der Waals surface area contributed by atoms with Crippen molar-refractivity contribution in [1.29, 1.82) is 0 Å². The van der Waals surface area contributed by atoms with Crippen LogP contribution in [0, 0.1) is 20.2 Å². The predicted molar refractivity (Wildman–Crippen MR) is 123 cm³/mol. The maximum atomic E-state index is 12.2. The van der Waals surface area contributed by atoms with Gasteiger partial charge in [-0.3, -0.25) is 29.8 Å². The average Bonchev–Trinajstić information content (AvgIpc) is 2.78. The minimum Gasteiger partial charge on any atom is -0.495 e. The van der Waals surface area contributed by atoms with Gasteiger partial charge >= 0.3 is 0 Å². The van der Waals surface area contributed by atoms with E-state index in [-0.39, 0.29) is 47.4 Å². The second-order valence-electron chi connectivity index (χ2n) is 6.49. The van der Waals surface area contributed by atoms with Gasteiger partial charge < -0.3 is 20.1 Å². The van der Waals surface area contributed by atoms with Crippen molar-refractivity contribution in [2.45, 2.75) is 12.8 Å². The zero-order valence-corrected chi connectivity index (χ0v) is 18.7. The highest BCUT2D eigenvalue weighted by atomic mass is 32.2.